The van der Waals surface area contributed by atoms with Crippen LogP contribution in [0, 0.1) is 5.92 Å². The molecule has 124 valence electrons. The predicted molar refractivity (Wildman–Crippen MR) is 76.6 cm³/mol. The lowest BCUT2D eigenvalue weighted by molar-refractivity contribution is -0.137. The zero-order valence-electron chi connectivity index (χ0n) is 12.2. The van der Waals surface area contributed by atoms with Gasteiger partial charge in [-0.05, 0) is 37.0 Å². The number of hydrogen-bond donors (Lipinski definition) is 1. The van der Waals surface area contributed by atoms with Crippen molar-refractivity contribution in [3.05, 3.63) is 29.8 Å². The zero-order chi connectivity index (χ0) is 16.5. The summed E-state index contributed by atoms with van der Waals surface area (Å²) in [5.74, 6) is 0.349. The van der Waals surface area contributed by atoms with Crippen LogP contribution in [-0.2, 0) is 16.2 Å². The van der Waals surface area contributed by atoms with Gasteiger partial charge in [0.25, 0.3) is 0 Å². The number of nitrogens with zero attached hydrogens (tertiary/aromatic N) is 1. The SMILES string of the molecule is CC1CCN(S(=O)(=O)c2cccc(C(F)(F)F)c2)C(CN)C1. The van der Waals surface area contributed by atoms with Gasteiger partial charge in [0.15, 0.2) is 0 Å². The van der Waals surface area contributed by atoms with Crippen molar-refractivity contribution >= 4 is 10.0 Å². The summed E-state index contributed by atoms with van der Waals surface area (Å²) in [4.78, 5) is -0.338. The maximum atomic E-state index is 12.8. The van der Waals surface area contributed by atoms with E-state index in [-0.39, 0.29) is 24.0 Å². The Morgan fingerprint density at radius 2 is 2.05 bits per heavy atom. The van der Waals surface area contributed by atoms with Crippen molar-refractivity contribution in [3.8, 4) is 0 Å². The number of nitrogens with two attached hydrogens (primary N) is 1. The summed E-state index contributed by atoms with van der Waals surface area (Å²) in [5, 5.41) is 0. The standard InChI is InChI=1S/C14H19F3N2O2S/c1-10-5-6-19(12(7-10)9-18)22(20,21)13-4-2-3-11(8-13)14(15,16)17/h2-4,8,10,12H,5-7,9,18H2,1H3. The average Bonchev–Trinajstić information content (AvgIpc) is 2.46. The maximum Gasteiger partial charge on any atom is 0.416 e. The van der Waals surface area contributed by atoms with Gasteiger partial charge in [-0.15, -0.1) is 0 Å². The molecule has 1 aromatic rings. The summed E-state index contributed by atoms with van der Waals surface area (Å²) in [5.41, 5.74) is 4.67. The normalized spacial score (nSPS) is 24.4. The van der Waals surface area contributed by atoms with Crippen molar-refractivity contribution < 1.29 is 21.6 Å². The predicted octanol–water partition coefficient (Wildman–Crippen LogP) is 2.45. The summed E-state index contributed by atoms with van der Waals surface area (Å²) in [7, 11) is -3.98. The van der Waals surface area contributed by atoms with E-state index >= 15 is 0 Å². The van der Waals surface area contributed by atoms with Crippen molar-refractivity contribution in [2.45, 2.75) is 36.9 Å². The molecule has 8 heteroatoms. The van der Waals surface area contributed by atoms with Gasteiger partial charge in [0, 0.05) is 19.1 Å². The van der Waals surface area contributed by atoms with Gasteiger partial charge in [0.1, 0.15) is 0 Å². The summed E-state index contributed by atoms with van der Waals surface area (Å²) in [6, 6.07) is 3.47. The molecule has 2 rings (SSSR count). The van der Waals surface area contributed by atoms with E-state index in [0.717, 1.165) is 12.1 Å². The second kappa shape index (κ2) is 6.17. The van der Waals surface area contributed by atoms with Crippen LogP contribution < -0.4 is 5.73 Å². The van der Waals surface area contributed by atoms with E-state index in [0.29, 0.717) is 24.8 Å². The van der Waals surface area contributed by atoms with E-state index in [1.165, 1.54) is 10.4 Å². The van der Waals surface area contributed by atoms with E-state index in [1.54, 1.807) is 0 Å². The number of alkyl halides is 3. The number of piperidine rings is 1. The van der Waals surface area contributed by atoms with Crippen molar-refractivity contribution in [3.63, 3.8) is 0 Å². The Kier molecular flexibility index (Phi) is 4.84. The molecule has 2 atom stereocenters. The molecule has 0 aliphatic carbocycles. The van der Waals surface area contributed by atoms with E-state index in [4.69, 9.17) is 5.73 Å². The molecule has 1 heterocycles. The largest absolute Gasteiger partial charge is 0.416 e. The summed E-state index contributed by atoms with van der Waals surface area (Å²) >= 11 is 0. The Balaban J connectivity index is 2.38. The van der Waals surface area contributed by atoms with Crippen LogP contribution in [0.3, 0.4) is 0 Å². The van der Waals surface area contributed by atoms with E-state index in [2.05, 4.69) is 0 Å². The number of rotatable bonds is 3. The third-order valence-corrected chi connectivity index (χ3v) is 5.91. The molecule has 2 N–H and O–H groups in total. The first-order chi connectivity index (χ1) is 10.2. The fraction of sp³-hybridized carbons (Fsp3) is 0.571. The molecule has 2 unspecified atom stereocenters. The van der Waals surface area contributed by atoms with Crippen LogP contribution in [0.4, 0.5) is 13.2 Å². The third kappa shape index (κ3) is 3.44. The molecule has 1 fully saturated rings. The minimum Gasteiger partial charge on any atom is -0.329 e. The van der Waals surface area contributed by atoms with Crippen LogP contribution in [0.2, 0.25) is 0 Å². The van der Waals surface area contributed by atoms with Crippen LogP contribution in [0.1, 0.15) is 25.3 Å². The molecule has 1 aliphatic rings. The Morgan fingerprint density at radius 1 is 1.36 bits per heavy atom. The van der Waals surface area contributed by atoms with E-state index in [9.17, 15) is 21.6 Å². The van der Waals surface area contributed by atoms with Crippen LogP contribution in [0.15, 0.2) is 29.2 Å². The second-order valence-corrected chi connectivity index (χ2v) is 7.55. The van der Waals surface area contributed by atoms with Gasteiger partial charge in [-0.3, -0.25) is 0 Å². The van der Waals surface area contributed by atoms with E-state index < -0.39 is 21.8 Å². The zero-order valence-corrected chi connectivity index (χ0v) is 13.0. The molecule has 0 bridgehead atoms. The van der Waals surface area contributed by atoms with Crippen LogP contribution in [0.25, 0.3) is 0 Å². The fourth-order valence-corrected chi connectivity index (χ4v) is 4.44. The maximum absolute atomic E-state index is 12.8. The number of sulfonamides is 1. The Hall–Kier alpha value is -1.12. The first-order valence-corrected chi connectivity index (χ1v) is 8.49. The molecule has 4 nitrogen and oxygen atoms in total. The second-order valence-electron chi connectivity index (χ2n) is 5.66. The topological polar surface area (TPSA) is 63.4 Å². The molecule has 1 aromatic carbocycles. The van der Waals surface area contributed by atoms with Gasteiger partial charge in [-0.1, -0.05) is 13.0 Å². The fourth-order valence-electron chi connectivity index (χ4n) is 2.73. The highest BCUT2D eigenvalue weighted by Crippen LogP contribution is 2.33. The molecule has 0 radical (unpaired) electrons. The van der Waals surface area contributed by atoms with Crippen molar-refractivity contribution in [2.24, 2.45) is 11.7 Å². The summed E-state index contributed by atoms with van der Waals surface area (Å²) in [6.45, 7) is 2.45. The van der Waals surface area contributed by atoms with Gasteiger partial charge in [0.05, 0.1) is 10.5 Å². The number of benzene rings is 1. The lowest BCUT2D eigenvalue weighted by atomic mass is 9.94. The summed E-state index contributed by atoms with van der Waals surface area (Å²) < 4.78 is 64.8. The van der Waals surface area contributed by atoms with Gasteiger partial charge >= 0.3 is 6.18 Å². The third-order valence-electron chi connectivity index (χ3n) is 3.96. The first-order valence-electron chi connectivity index (χ1n) is 7.05. The highest BCUT2D eigenvalue weighted by atomic mass is 32.2. The smallest absolute Gasteiger partial charge is 0.329 e. The Bertz CT molecular complexity index is 631. The molecule has 1 aliphatic heterocycles. The van der Waals surface area contributed by atoms with Gasteiger partial charge < -0.3 is 5.73 Å². The lowest BCUT2D eigenvalue weighted by Gasteiger charge is -2.36. The number of halogens is 3. The first kappa shape index (κ1) is 17.2. The molecule has 0 aromatic heterocycles. The van der Waals surface area contributed by atoms with Gasteiger partial charge in [-0.2, -0.15) is 17.5 Å². The monoisotopic (exact) mass is 336 g/mol. The molecule has 0 amide bonds. The highest BCUT2D eigenvalue weighted by Gasteiger charge is 2.37. The highest BCUT2D eigenvalue weighted by molar-refractivity contribution is 7.89. The lowest BCUT2D eigenvalue weighted by Crippen LogP contribution is -2.49. The molecule has 1 saturated heterocycles. The minimum atomic E-state index is -4.57. The van der Waals surface area contributed by atoms with Gasteiger partial charge in [0.2, 0.25) is 10.0 Å². The van der Waals surface area contributed by atoms with E-state index in [1.807, 2.05) is 6.92 Å². The van der Waals surface area contributed by atoms with Crippen molar-refractivity contribution in [1.29, 1.82) is 0 Å². The molecular formula is C14H19F3N2O2S. The van der Waals surface area contributed by atoms with Crippen LogP contribution in [0.5, 0.6) is 0 Å². The molecule has 22 heavy (non-hydrogen) atoms. The average molecular weight is 336 g/mol. The molecule has 0 saturated carbocycles. The van der Waals surface area contributed by atoms with Crippen LogP contribution >= 0.6 is 0 Å². The molecular weight excluding hydrogens is 317 g/mol. The van der Waals surface area contributed by atoms with Crippen molar-refractivity contribution in [1.82, 2.24) is 4.31 Å². The Morgan fingerprint density at radius 3 is 2.64 bits per heavy atom. The minimum absolute atomic E-state index is 0.155. The number of hydrogen-bond acceptors (Lipinski definition) is 3. The summed E-state index contributed by atoms with van der Waals surface area (Å²) in [6.07, 6.45) is -3.28. The quantitative estimate of drug-likeness (QED) is 0.922. The van der Waals surface area contributed by atoms with Crippen LogP contribution in [-0.4, -0.2) is 31.9 Å². The molecule has 0 spiro atoms. The van der Waals surface area contributed by atoms with Crippen molar-refractivity contribution in [2.75, 3.05) is 13.1 Å². The van der Waals surface area contributed by atoms with Gasteiger partial charge in [-0.25, -0.2) is 8.42 Å². The Labute approximate surface area is 128 Å².